The molecule has 0 unspecified atom stereocenters. The van der Waals surface area contributed by atoms with Gasteiger partial charge in [0.2, 0.25) is 5.90 Å². The molecule has 0 atom stereocenters. The fourth-order valence-electron chi connectivity index (χ4n) is 2.02. The second-order valence-corrected chi connectivity index (χ2v) is 5.00. The van der Waals surface area contributed by atoms with Gasteiger partial charge in [-0.1, -0.05) is 35.9 Å². The minimum absolute atomic E-state index is 0.218. The minimum atomic E-state index is -0.495. The van der Waals surface area contributed by atoms with Gasteiger partial charge in [-0.15, -0.1) is 0 Å². The zero-order chi connectivity index (χ0) is 15.5. The maximum atomic E-state index is 11.9. The van der Waals surface area contributed by atoms with Crippen molar-refractivity contribution in [1.29, 1.82) is 0 Å². The number of carbonyl (C=O) groups is 1. The van der Waals surface area contributed by atoms with Gasteiger partial charge >= 0.3 is 5.97 Å². The van der Waals surface area contributed by atoms with Crippen LogP contribution in [0.1, 0.15) is 11.1 Å². The lowest BCUT2D eigenvalue weighted by atomic mass is 10.2. The molecule has 0 N–H and O–H groups in total. The van der Waals surface area contributed by atoms with E-state index in [0.717, 1.165) is 11.3 Å². The van der Waals surface area contributed by atoms with E-state index in [1.54, 1.807) is 31.4 Å². The molecule has 22 heavy (non-hydrogen) atoms. The van der Waals surface area contributed by atoms with Crippen molar-refractivity contribution in [1.82, 2.24) is 0 Å². The second kappa shape index (κ2) is 6.03. The molecular weight excluding hydrogens is 302 g/mol. The van der Waals surface area contributed by atoms with E-state index in [1.807, 2.05) is 30.3 Å². The molecule has 1 aliphatic rings. The quantitative estimate of drug-likeness (QED) is 0.641. The monoisotopic (exact) mass is 313 g/mol. The number of benzene rings is 2. The molecule has 1 heterocycles. The van der Waals surface area contributed by atoms with Crippen molar-refractivity contribution in [2.45, 2.75) is 0 Å². The summed E-state index contributed by atoms with van der Waals surface area (Å²) in [6, 6.07) is 14.4. The molecule has 2 aromatic carbocycles. The highest BCUT2D eigenvalue weighted by Crippen LogP contribution is 2.24. The average Bonchev–Trinajstić information content (AvgIpc) is 2.89. The normalized spacial score (nSPS) is 15.6. The Morgan fingerprint density at radius 2 is 1.86 bits per heavy atom. The molecule has 0 bridgehead atoms. The van der Waals surface area contributed by atoms with E-state index in [4.69, 9.17) is 21.1 Å². The number of rotatable bonds is 3. The molecule has 0 saturated carbocycles. The van der Waals surface area contributed by atoms with Crippen molar-refractivity contribution in [2.24, 2.45) is 4.99 Å². The molecule has 1 aliphatic heterocycles. The molecule has 5 heteroatoms. The Morgan fingerprint density at radius 3 is 2.55 bits per heavy atom. The number of aliphatic imine (C=N–C) groups is 1. The number of hydrogen-bond acceptors (Lipinski definition) is 4. The number of ether oxygens (including phenoxy) is 2. The SMILES string of the molecule is COc1ccc(/C=C2/N=C(c3ccccc3Cl)OC2=O)cc1. The fourth-order valence-corrected chi connectivity index (χ4v) is 2.23. The second-order valence-electron chi connectivity index (χ2n) is 4.59. The first-order valence-corrected chi connectivity index (χ1v) is 6.96. The van der Waals surface area contributed by atoms with Gasteiger partial charge in [0.25, 0.3) is 0 Å². The number of hydrogen-bond donors (Lipinski definition) is 0. The Labute approximate surface area is 132 Å². The van der Waals surface area contributed by atoms with Gasteiger partial charge in [-0.2, -0.15) is 0 Å². The third-order valence-corrected chi connectivity index (χ3v) is 3.47. The molecule has 0 aliphatic carbocycles. The van der Waals surface area contributed by atoms with E-state index in [9.17, 15) is 4.79 Å². The van der Waals surface area contributed by atoms with Crippen LogP contribution < -0.4 is 4.74 Å². The summed E-state index contributed by atoms with van der Waals surface area (Å²) >= 11 is 6.09. The van der Waals surface area contributed by atoms with Crippen LogP contribution in [0.4, 0.5) is 0 Å². The minimum Gasteiger partial charge on any atom is -0.497 e. The smallest absolute Gasteiger partial charge is 0.363 e. The Morgan fingerprint density at radius 1 is 1.14 bits per heavy atom. The fraction of sp³-hybridized carbons (Fsp3) is 0.0588. The molecule has 0 spiro atoms. The summed E-state index contributed by atoms with van der Waals surface area (Å²) in [6.45, 7) is 0. The molecule has 0 aromatic heterocycles. The van der Waals surface area contributed by atoms with Crippen LogP contribution in [0.5, 0.6) is 5.75 Å². The van der Waals surface area contributed by atoms with Gasteiger partial charge in [-0.05, 0) is 35.9 Å². The van der Waals surface area contributed by atoms with Crippen molar-refractivity contribution >= 4 is 29.5 Å². The van der Waals surface area contributed by atoms with Gasteiger partial charge in [0.1, 0.15) is 5.75 Å². The number of halogens is 1. The van der Waals surface area contributed by atoms with E-state index in [-0.39, 0.29) is 11.6 Å². The summed E-state index contributed by atoms with van der Waals surface area (Å²) in [7, 11) is 1.60. The number of nitrogens with zero attached hydrogens (tertiary/aromatic N) is 1. The maximum absolute atomic E-state index is 11.9. The van der Waals surface area contributed by atoms with Crippen molar-refractivity contribution in [3.05, 3.63) is 70.4 Å². The third-order valence-electron chi connectivity index (χ3n) is 3.14. The highest BCUT2D eigenvalue weighted by Gasteiger charge is 2.25. The maximum Gasteiger partial charge on any atom is 0.363 e. The summed E-state index contributed by atoms with van der Waals surface area (Å²) in [5.41, 5.74) is 1.66. The molecule has 110 valence electrons. The van der Waals surface area contributed by atoms with Gasteiger partial charge in [-0.25, -0.2) is 9.79 Å². The topological polar surface area (TPSA) is 47.9 Å². The molecule has 0 saturated heterocycles. The van der Waals surface area contributed by atoms with Crippen LogP contribution >= 0.6 is 11.6 Å². The molecule has 3 rings (SSSR count). The van der Waals surface area contributed by atoms with E-state index in [1.165, 1.54) is 0 Å². The van der Waals surface area contributed by atoms with Crippen molar-refractivity contribution in [3.63, 3.8) is 0 Å². The van der Waals surface area contributed by atoms with Crippen LogP contribution in [0.2, 0.25) is 5.02 Å². The Balaban J connectivity index is 1.92. The first kappa shape index (κ1) is 14.4. The molecule has 2 aromatic rings. The summed E-state index contributed by atoms with van der Waals surface area (Å²) in [5, 5.41) is 0.486. The lowest BCUT2D eigenvalue weighted by molar-refractivity contribution is -0.129. The standard InChI is InChI=1S/C17H12ClNO3/c1-21-12-8-6-11(7-9-12)10-15-17(20)22-16(19-15)13-4-2-3-5-14(13)18/h2-10H,1H3/b15-10+. The highest BCUT2D eigenvalue weighted by atomic mass is 35.5. The van der Waals surface area contributed by atoms with Crippen LogP contribution in [0, 0.1) is 0 Å². The number of esters is 1. The number of carbonyl (C=O) groups excluding carboxylic acids is 1. The van der Waals surface area contributed by atoms with E-state index < -0.39 is 5.97 Å². The molecular formula is C17H12ClNO3. The zero-order valence-corrected chi connectivity index (χ0v) is 12.5. The summed E-state index contributed by atoms with van der Waals surface area (Å²) in [4.78, 5) is 16.2. The number of cyclic esters (lactones) is 1. The largest absolute Gasteiger partial charge is 0.497 e. The number of methoxy groups -OCH3 is 1. The Bertz CT molecular complexity index is 779. The Kier molecular flexibility index (Phi) is 3.94. The first-order valence-electron chi connectivity index (χ1n) is 6.59. The highest BCUT2D eigenvalue weighted by molar-refractivity contribution is 6.34. The molecule has 0 radical (unpaired) electrons. The van der Waals surface area contributed by atoms with Gasteiger partial charge in [-0.3, -0.25) is 0 Å². The average molecular weight is 314 g/mol. The van der Waals surface area contributed by atoms with E-state index in [0.29, 0.717) is 10.6 Å². The predicted molar refractivity (Wildman–Crippen MR) is 85.1 cm³/mol. The molecule has 0 amide bonds. The van der Waals surface area contributed by atoms with Crippen molar-refractivity contribution < 1.29 is 14.3 Å². The van der Waals surface area contributed by atoms with Crippen LogP contribution in [0.15, 0.2) is 59.2 Å². The summed E-state index contributed by atoms with van der Waals surface area (Å²) in [5.74, 6) is 0.470. The lowest BCUT2D eigenvalue weighted by Gasteiger charge is -2.00. The zero-order valence-electron chi connectivity index (χ0n) is 11.7. The van der Waals surface area contributed by atoms with Crippen LogP contribution in [0.3, 0.4) is 0 Å². The van der Waals surface area contributed by atoms with E-state index in [2.05, 4.69) is 4.99 Å². The van der Waals surface area contributed by atoms with Crippen LogP contribution in [-0.2, 0) is 9.53 Å². The van der Waals surface area contributed by atoms with Crippen LogP contribution in [-0.4, -0.2) is 19.0 Å². The summed E-state index contributed by atoms with van der Waals surface area (Å²) in [6.07, 6.45) is 1.66. The van der Waals surface area contributed by atoms with Gasteiger partial charge in [0, 0.05) is 0 Å². The van der Waals surface area contributed by atoms with Crippen LogP contribution in [0.25, 0.3) is 6.08 Å². The molecule has 0 fully saturated rings. The van der Waals surface area contributed by atoms with E-state index >= 15 is 0 Å². The molecule has 4 nitrogen and oxygen atoms in total. The van der Waals surface area contributed by atoms with Crippen molar-refractivity contribution in [3.8, 4) is 5.75 Å². The Hall–Kier alpha value is -2.59. The third kappa shape index (κ3) is 2.87. The van der Waals surface area contributed by atoms with Gasteiger partial charge < -0.3 is 9.47 Å². The van der Waals surface area contributed by atoms with Gasteiger partial charge in [0.15, 0.2) is 5.70 Å². The first-order chi connectivity index (χ1) is 10.7. The van der Waals surface area contributed by atoms with Crippen molar-refractivity contribution in [2.75, 3.05) is 7.11 Å². The lowest BCUT2D eigenvalue weighted by Crippen LogP contribution is -2.05. The predicted octanol–water partition coefficient (Wildman–Crippen LogP) is 3.69. The summed E-state index contributed by atoms with van der Waals surface area (Å²) < 4.78 is 10.3. The van der Waals surface area contributed by atoms with Gasteiger partial charge in [0.05, 0.1) is 17.7 Å².